The molecular formula is C13H18N2O3S2. The maximum absolute atomic E-state index is 12.5. The van der Waals surface area contributed by atoms with E-state index in [0.29, 0.717) is 31.1 Å². The molecule has 1 aliphatic rings. The number of benzene rings is 1. The normalized spacial score (nSPS) is 17.2. The summed E-state index contributed by atoms with van der Waals surface area (Å²) < 4.78 is 26.3. The number of thiol groups is 1. The lowest BCUT2D eigenvalue weighted by molar-refractivity contribution is -0.129. The topological polar surface area (TPSA) is 57.7 Å². The molecule has 5 nitrogen and oxygen atoms in total. The first-order valence-corrected chi connectivity index (χ1v) is 8.48. The van der Waals surface area contributed by atoms with Gasteiger partial charge in [0.1, 0.15) is 0 Å². The number of amides is 1. The number of sulfonamides is 1. The monoisotopic (exact) mass is 314 g/mol. The molecule has 0 aliphatic carbocycles. The first-order valence-electron chi connectivity index (χ1n) is 6.40. The second-order valence-corrected chi connectivity index (χ2v) is 7.01. The van der Waals surface area contributed by atoms with E-state index in [1.54, 1.807) is 29.2 Å². The van der Waals surface area contributed by atoms with Gasteiger partial charge in [-0.15, -0.1) is 0 Å². The van der Waals surface area contributed by atoms with Crippen LogP contribution < -0.4 is 0 Å². The molecular weight excluding hydrogens is 296 g/mol. The number of hydrogen-bond acceptors (Lipinski definition) is 4. The molecule has 1 aromatic carbocycles. The molecule has 110 valence electrons. The van der Waals surface area contributed by atoms with E-state index in [0.717, 1.165) is 5.56 Å². The van der Waals surface area contributed by atoms with Gasteiger partial charge in [0.25, 0.3) is 0 Å². The van der Waals surface area contributed by atoms with Crippen molar-refractivity contribution in [2.75, 3.05) is 31.9 Å². The summed E-state index contributed by atoms with van der Waals surface area (Å²) in [5.41, 5.74) is 1.02. The summed E-state index contributed by atoms with van der Waals surface area (Å²) in [7, 11) is -3.46. The van der Waals surface area contributed by atoms with Gasteiger partial charge in [0.2, 0.25) is 15.9 Å². The van der Waals surface area contributed by atoms with Crippen LogP contribution in [0.4, 0.5) is 0 Å². The standard InChI is InChI=1S/C13H18N2O3S2/c1-11-2-4-12(5-3-11)20(17,18)15-8-6-14(7-9-15)13(16)10-19/h2-5,19H,6-10H2,1H3. The van der Waals surface area contributed by atoms with E-state index in [-0.39, 0.29) is 11.7 Å². The predicted octanol–water partition coefficient (Wildman–Crippen LogP) is 0.758. The van der Waals surface area contributed by atoms with E-state index < -0.39 is 10.0 Å². The largest absolute Gasteiger partial charge is 0.339 e. The highest BCUT2D eigenvalue weighted by atomic mass is 32.2. The third kappa shape index (κ3) is 3.16. The maximum Gasteiger partial charge on any atom is 0.243 e. The van der Waals surface area contributed by atoms with Crippen molar-refractivity contribution in [3.63, 3.8) is 0 Å². The summed E-state index contributed by atoms with van der Waals surface area (Å²) in [6.07, 6.45) is 0. The molecule has 0 radical (unpaired) electrons. The molecule has 20 heavy (non-hydrogen) atoms. The van der Waals surface area contributed by atoms with Gasteiger partial charge < -0.3 is 4.90 Å². The summed E-state index contributed by atoms with van der Waals surface area (Å²) in [6, 6.07) is 6.81. The molecule has 2 rings (SSSR count). The first-order chi connectivity index (χ1) is 9.45. The van der Waals surface area contributed by atoms with Gasteiger partial charge in [-0.25, -0.2) is 8.42 Å². The molecule has 7 heteroatoms. The van der Waals surface area contributed by atoms with Gasteiger partial charge >= 0.3 is 0 Å². The average molecular weight is 314 g/mol. The molecule has 0 atom stereocenters. The summed E-state index contributed by atoms with van der Waals surface area (Å²) >= 11 is 3.95. The van der Waals surface area contributed by atoms with Crippen LogP contribution in [0.5, 0.6) is 0 Å². The van der Waals surface area contributed by atoms with Crippen LogP contribution in [0.3, 0.4) is 0 Å². The van der Waals surface area contributed by atoms with Gasteiger partial charge in [-0.2, -0.15) is 16.9 Å². The zero-order valence-electron chi connectivity index (χ0n) is 11.3. The summed E-state index contributed by atoms with van der Waals surface area (Å²) in [5, 5.41) is 0. The molecule has 0 spiro atoms. The molecule has 1 heterocycles. The lowest BCUT2D eigenvalue weighted by Crippen LogP contribution is -2.50. The molecule has 1 amide bonds. The molecule has 0 saturated carbocycles. The summed E-state index contributed by atoms with van der Waals surface area (Å²) in [6.45, 7) is 3.42. The quantitative estimate of drug-likeness (QED) is 0.838. The van der Waals surface area contributed by atoms with Crippen molar-refractivity contribution >= 4 is 28.6 Å². The Labute approximate surface area is 125 Å². The number of piperazine rings is 1. The van der Waals surface area contributed by atoms with Crippen LogP contribution in [0.1, 0.15) is 5.56 Å². The Balaban J connectivity index is 2.09. The van der Waals surface area contributed by atoms with Gasteiger partial charge in [-0.3, -0.25) is 4.79 Å². The highest BCUT2D eigenvalue weighted by Gasteiger charge is 2.29. The van der Waals surface area contributed by atoms with Gasteiger partial charge in [0, 0.05) is 26.2 Å². The Bertz CT molecular complexity index is 576. The highest BCUT2D eigenvalue weighted by Crippen LogP contribution is 2.18. The van der Waals surface area contributed by atoms with Crippen molar-refractivity contribution < 1.29 is 13.2 Å². The number of hydrogen-bond donors (Lipinski definition) is 1. The van der Waals surface area contributed by atoms with E-state index in [4.69, 9.17) is 0 Å². The van der Waals surface area contributed by atoms with E-state index in [1.165, 1.54) is 4.31 Å². The van der Waals surface area contributed by atoms with E-state index in [2.05, 4.69) is 12.6 Å². The Morgan fingerprint density at radius 2 is 1.70 bits per heavy atom. The number of carbonyl (C=O) groups excluding carboxylic acids is 1. The summed E-state index contributed by atoms with van der Waals surface area (Å²) in [5.74, 6) is 0.103. The van der Waals surface area contributed by atoms with Crippen molar-refractivity contribution in [1.29, 1.82) is 0 Å². The van der Waals surface area contributed by atoms with Gasteiger partial charge in [-0.1, -0.05) is 17.7 Å². The molecule has 1 saturated heterocycles. The Morgan fingerprint density at radius 1 is 1.15 bits per heavy atom. The fourth-order valence-corrected chi connectivity index (χ4v) is 3.76. The van der Waals surface area contributed by atoms with Crippen molar-refractivity contribution in [1.82, 2.24) is 9.21 Å². The average Bonchev–Trinajstić information content (AvgIpc) is 2.47. The third-order valence-corrected chi connectivity index (χ3v) is 5.57. The second kappa shape index (κ2) is 6.15. The SMILES string of the molecule is Cc1ccc(S(=O)(=O)N2CCN(C(=O)CS)CC2)cc1. The molecule has 0 unspecified atom stereocenters. The summed E-state index contributed by atoms with van der Waals surface area (Å²) in [4.78, 5) is 13.5. The third-order valence-electron chi connectivity index (χ3n) is 3.39. The Morgan fingerprint density at radius 3 is 2.20 bits per heavy atom. The predicted molar refractivity (Wildman–Crippen MR) is 80.4 cm³/mol. The van der Waals surface area contributed by atoms with E-state index in [1.807, 2.05) is 6.92 Å². The van der Waals surface area contributed by atoms with Crippen LogP contribution in [-0.4, -0.2) is 55.5 Å². The van der Waals surface area contributed by atoms with Gasteiger partial charge in [-0.05, 0) is 19.1 Å². The van der Waals surface area contributed by atoms with Crippen molar-refractivity contribution in [3.8, 4) is 0 Å². The maximum atomic E-state index is 12.5. The minimum atomic E-state index is -3.46. The van der Waals surface area contributed by atoms with Crippen LogP contribution in [0, 0.1) is 6.92 Å². The highest BCUT2D eigenvalue weighted by molar-refractivity contribution is 7.89. The van der Waals surface area contributed by atoms with Crippen LogP contribution in [0.15, 0.2) is 29.2 Å². The lowest BCUT2D eigenvalue weighted by atomic mass is 10.2. The second-order valence-electron chi connectivity index (χ2n) is 4.76. The molecule has 1 aromatic rings. The number of rotatable bonds is 3. The van der Waals surface area contributed by atoms with Crippen molar-refractivity contribution in [3.05, 3.63) is 29.8 Å². The van der Waals surface area contributed by atoms with Crippen molar-refractivity contribution in [2.24, 2.45) is 0 Å². The Kier molecular flexibility index (Phi) is 4.72. The molecule has 1 fully saturated rings. The van der Waals surface area contributed by atoms with Gasteiger partial charge in [0.05, 0.1) is 10.6 Å². The Hall–Kier alpha value is -1.05. The van der Waals surface area contributed by atoms with Crippen LogP contribution in [-0.2, 0) is 14.8 Å². The first kappa shape index (κ1) is 15.3. The number of nitrogens with zero attached hydrogens (tertiary/aromatic N) is 2. The fraction of sp³-hybridized carbons (Fsp3) is 0.462. The number of aryl methyl sites for hydroxylation is 1. The fourth-order valence-electron chi connectivity index (χ4n) is 2.14. The van der Waals surface area contributed by atoms with E-state index >= 15 is 0 Å². The zero-order valence-corrected chi connectivity index (χ0v) is 13.0. The van der Waals surface area contributed by atoms with E-state index in [9.17, 15) is 13.2 Å². The van der Waals surface area contributed by atoms with Crippen molar-refractivity contribution in [2.45, 2.75) is 11.8 Å². The van der Waals surface area contributed by atoms with Crippen LogP contribution >= 0.6 is 12.6 Å². The zero-order chi connectivity index (χ0) is 14.8. The smallest absolute Gasteiger partial charge is 0.243 e. The molecule has 0 N–H and O–H groups in total. The van der Waals surface area contributed by atoms with Gasteiger partial charge in [0.15, 0.2) is 0 Å². The molecule has 0 bridgehead atoms. The van der Waals surface area contributed by atoms with Crippen LogP contribution in [0.2, 0.25) is 0 Å². The van der Waals surface area contributed by atoms with Crippen LogP contribution in [0.25, 0.3) is 0 Å². The minimum Gasteiger partial charge on any atom is -0.339 e. The molecule has 1 aliphatic heterocycles. The molecule has 0 aromatic heterocycles. The lowest BCUT2D eigenvalue weighted by Gasteiger charge is -2.33. The number of carbonyl (C=O) groups is 1. The minimum absolute atomic E-state index is 0.0549.